The molecule has 6 heteroatoms. The van der Waals surface area contributed by atoms with E-state index in [1.54, 1.807) is 4.31 Å². The van der Waals surface area contributed by atoms with E-state index in [2.05, 4.69) is 19.9 Å². The number of nitrogens with zero attached hydrogens (tertiary/aromatic N) is 1. The van der Waals surface area contributed by atoms with Crippen molar-refractivity contribution < 1.29 is 17.9 Å². The SMILES string of the molecule is CCCN(CCC)S(=O)(=O)CCCOc1cccc2c1OC(C)(C)C2. The molecule has 0 spiro atoms. The maximum Gasteiger partial charge on any atom is 0.214 e. The Kier molecular flexibility index (Phi) is 6.74. The minimum absolute atomic E-state index is 0.119. The van der Waals surface area contributed by atoms with Crippen LogP contribution in [-0.2, 0) is 16.4 Å². The second-order valence-corrected chi connectivity index (χ2v) is 9.29. The van der Waals surface area contributed by atoms with E-state index in [9.17, 15) is 8.42 Å². The van der Waals surface area contributed by atoms with Crippen molar-refractivity contribution in [2.45, 2.75) is 59.0 Å². The summed E-state index contributed by atoms with van der Waals surface area (Å²) in [5, 5.41) is 0. The Balaban J connectivity index is 1.89. The first-order valence-electron chi connectivity index (χ1n) is 9.20. The molecule has 0 atom stereocenters. The molecule has 0 saturated heterocycles. The lowest BCUT2D eigenvalue weighted by atomic mass is 10.0. The largest absolute Gasteiger partial charge is 0.490 e. The van der Waals surface area contributed by atoms with Crippen molar-refractivity contribution in [3.05, 3.63) is 23.8 Å². The lowest BCUT2D eigenvalue weighted by Crippen LogP contribution is -2.34. The number of fused-ring (bicyclic) bond motifs is 1. The first-order valence-corrected chi connectivity index (χ1v) is 10.8. The number of rotatable bonds is 10. The molecule has 0 aromatic heterocycles. The smallest absolute Gasteiger partial charge is 0.214 e. The second-order valence-electron chi connectivity index (χ2n) is 7.20. The molecule has 142 valence electrons. The van der Waals surface area contributed by atoms with Gasteiger partial charge in [0.1, 0.15) is 5.60 Å². The highest BCUT2D eigenvalue weighted by molar-refractivity contribution is 7.89. The number of para-hydroxylation sites is 1. The Labute approximate surface area is 152 Å². The van der Waals surface area contributed by atoms with Crippen LogP contribution in [0, 0.1) is 0 Å². The molecular weight excluding hydrogens is 338 g/mol. The van der Waals surface area contributed by atoms with Crippen LogP contribution in [0.2, 0.25) is 0 Å². The van der Waals surface area contributed by atoms with E-state index in [0.29, 0.717) is 31.9 Å². The molecule has 1 heterocycles. The fourth-order valence-electron chi connectivity index (χ4n) is 3.14. The van der Waals surface area contributed by atoms with Crippen LogP contribution in [0.1, 0.15) is 52.5 Å². The van der Waals surface area contributed by atoms with Gasteiger partial charge < -0.3 is 9.47 Å². The Morgan fingerprint density at radius 3 is 2.52 bits per heavy atom. The summed E-state index contributed by atoms with van der Waals surface area (Å²) >= 11 is 0. The molecule has 1 aliphatic heterocycles. The van der Waals surface area contributed by atoms with Gasteiger partial charge in [-0.25, -0.2) is 12.7 Å². The molecule has 0 fully saturated rings. The molecule has 2 rings (SSSR count). The fraction of sp³-hybridized carbons (Fsp3) is 0.684. The van der Waals surface area contributed by atoms with Gasteiger partial charge in [-0.05, 0) is 39.2 Å². The third-order valence-electron chi connectivity index (χ3n) is 4.20. The number of sulfonamides is 1. The molecule has 0 radical (unpaired) electrons. The normalized spacial score (nSPS) is 15.9. The van der Waals surface area contributed by atoms with Gasteiger partial charge in [-0.15, -0.1) is 0 Å². The van der Waals surface area contributed by atoms with Crippen LogP contribution in [0.3, 0.4) is 0 Å². The highest BCUT2D eigenvalue weighted by atomic mass is 32.2. The van der Waals surface area contributed by atoms with E-state index >= 15 is 0 Å². The van der Waals surface area contributed by atoms with Gasteiger partial charge in [-0.3, -0.25) is 0 Å². The average Bonchev–Trinajstić information content (AvgIpc) is 2.86. The van der Waals surface area contributed by atoms with E-state index < -0.39 is 10.0 Å². The molecular formula is C19H31NO4S. The van der Waals surface area contributed by atoms with Crippen molar-refractivity contribution >= 4 is 10.0 Å². The zero-order valence-electron chi connectivity index (χ0n) is 15.9. The van der Waals surface area contributed by atoms with E-state index in [1.165, 1.54) is 0 Å². The maximum atomic E-state index is 12.4. The summed E-state index contributed by atoms with van der Waals surface area (Å²) in [6, 6.07) is 5.89. The zero-order chi connectivity index (χ0) is 18.5. The Morgan fingerprint density at radius 2 is 1.88 bits per heavy atom. The standard InChI is InChI=1S/C19H31NO4S/c1-5-11-20(12-6-2)25(21,22)14-8-13-23-17-10-7-9-16-15-19(3,4)24-18(16)17/h7,9-10H,5-6,8,11-15H2,1-4H3. The lowest BCUT2D eigenvalue weighted by Gasteiger charge is -2.21. The van der Waals surface area contributed by atoms with Crippen LogP contribution < -0.4 is 9.47 Å². The van der Waals surface area contributed by atoms with Crippen LogP contribution in [0.15, 0.2) is 18.2 Å². The summed E-state index contributed by atoms with van der Waals surface area (Å²) in [5.41, 5.74) is 0.929. The molecule has 0 amide bonds. The molecule has 1 aromatic carbocycles. The van der Waals surface area contributed by atoms with Gasteiger partial charge >= 0.3 is 0 Å². The summed E-state index contributed by atoms with van der Waals surface area (Å²) in [7, 11) is -3.21. The highest BCUT2D eigenvalue weighted by Gasteiger charge is 2.32. The molecule has 5 nitrogen and oxygen atoms in total. The van der Waals surface area contributed by atoms with E-state index in [-0.39, 0.29) is 11.4 Å². The summed E-state index contributed by atoms with van der Waals surface area (Å²) in [4.78, 5) is 0. The van der Waals surface area contributed by atoms with Crippen molar-refractivity contribution in [1.82, 2.24) is 4.31 Å². The minimum Gasteiger partial charge on any atom is -0.490 e. The minimum atomic E-state index is -3.21. The topological polar surface area (TPSA) is 55.8 Å². The molecule has 0 N–H and O–H groups in total. The molecule has 0 saturated carbocycles. The van der Waals surface area contributed by atoms with Crippen LogP contribution in [0.5, 0.6) is 11.5 Å². The van der Waals surface area contributed by atoms with Crippen molar-refractivity contribution in [3.8, 4) is 11.5 Å². The second kappa shape index (κ2) is 8.41. The predicted octanol–water partition coefficient (Wildman–Crippen LogP) is 3.62. The average molecular weight is 370 g/mol. The van der Waals surface area contributed by atoms with E-state index in [0.717, 1.165) is 30.6 Å². The van der Waals surface area contributed by atoms with Crippen LogP contribution in [0.4, 0.5) is 0 Å². The monoisotopic (exact) mass is 369 g/mol. The molecule has 1 aromatic rings. The van der Waals surface area contributed by atoms with Gasteiger partial charge in [0.25, 0.3) is 0 Å². The maximum absolute atomic E-state index is 12.4. The molecule has 1 aliphatic rings. The van der Waals surface area contributed by atoms with Gasteiger partial charge in [0.05, 0.1) is 12.4 Å². The molecule has 0 aliphatic carbocycles. The third kappa shape index (κ3) is 5.35. The first kappa shape index (κ1) is 20.0. The van der Waals surface area contributed by atoms with Gasteiger partial charge in [-0.2, -0.15) is 0 Å². The van der Waals surface area contributed by atoms with Crippen LogP contribution >= 0.6 is 0 Å². The number of hydrogen-bond acceptors (Lipinski definition) is 4. The quantitative estimate of drug-likeness (QED) is 0.591. The van der Waals surface area contributed by atoms with Crippen LogP contribution in [0.25, 0.3) is 0 Å². The zero-order valence-corrected chi connectivity index (χ0v) is 16.7. The predicted molar refractivity (Wildman–Crippen MR) is 101 cm³/mol. The number of ether oxygens (including phenoxy) is 2. The highest BCUT2D eigenvalue weighted by Crippen LogP contribution is 2.41. The van der Waals surface area contributed by atoms with E-state index in [4.69, 9.17) is 9.47 Å². The van der Waals surface area contributed by atoms with Gasteiger partial charge in [0.15, 0.2) is 11.5 Å². The van der Waals surface area contributed by atoms with Crippen molar-refractivity contribution in [2.24, 2.45) is 0 Å². The van der Waals surface area contributed by atoms with Crippen molar-refractivity contribution in [1.29, 1.82) is 0 Å². The molecule has 0 unspecified atom stereocenters. The number of hydrogen-bond donors (Lipinski definition) is 0. The first-order chi connectivity index (χ1) is 11.8. The third-order valence-corrected chi connectivity index (χ3v) is 6.16. The summed E-state index contributed by atoms with van der Waals surface area (Å²) in [5.74, 6) is 1.63. The van der Waals surface area contributed by atoms with E-state index in [1.807, 2.05) is 26.0 Å². The lowest BCUT2D eigenvalue weighted by molar-refractivity contribution is 0.132. The van der Waals surface area contributed by atoms with Gasteiger partial charge in [-0.1, -0.05) is 26.0 Å². The summed E-state index contributed by atoms with van der Waals surface area (Å²) in [6.07, 6.45) is 2.99. The van der Waals surface area contributed by atoms with Gasteiger partial charge in [0.2, 0.25) is 10.0 Å². The molecule has 25 heavy (non-hydrogen) atoms. The van der Waals surface area contributed by atoms with Crippen molar-refractivity contribution in [3.63, 3.8) is 0 Å². The number of benzene rings is 1. The Hall–Kier alpha value is -1.27. The summed E-state index contributed by atoms with van der Waals surface area (Å²) in [6.45, 7) is 9.65. The Bertz CT molecular complexity index is 664. The van der Waals surface area contributed by atoms with Crippen molar-refractivity contribution in [2.75, 3.05) is 25.4 Å². The Morgan fingerprint density at radius 1 is 1.20 bits per heavy atom. The molecule has 0 bridgehead atoms. The summed E-state index contributed by atoms with van der Waals surface area (Å²) < 4.78 is 38.3. The fourth-order valence-corrected chi connectivity index (χ4v) is 4.80. The van der Waals surface area contributed by atoms with Crippen LogP contribution in [-0.4, -0.2) is 43.8 Å². The van der Waals surface area contributed by atoms with Gasteiger partial charge in [0, 0.05) is 25.1 Å².